The van der Waals surface area contributed by atoms with Gasteiger partial charge in [-0.05, 0) is 38.2 Å². The quantitative estimate of drug-likeness (QED) is 0.645. The minimum Gasteiger partial charge on any atom is -0.393 e. The number of nitrogens with zero attached hydrogens (tertiary/aromatic N) is 2. The Bertz CT molecular complexity index is 1040. The number of fused-ring (bicyclic) bond motifs is 1. The van der Waals surface area contributed by atoms with Crippen LogP contribution in [0.3, 0.4) is 0 Å². The zero-order chi connectivity index (χ0) is 22.1. The van der Waals surface area contributed by atoms with E-state index in [1.54, 1.807) is 16.7 Å². The van der Waals surface area contributed by atoms with Gasteiger partial charge in [-0.3, -0.25) is 9.59 Å². The van der Waals surface area contributed by atoms with Gasteiger partial charge in [0, 0.05) is 31.3 Å². The van der Waals surface area contributed by atoms with Crippen LogP contribution in [0.1, 0.15) is 44.9 Å². The van der Waals surface area contributed by atoms with Gasteiger partial charge in [0.15, 0.2) is 11.6 Å². The number of thioether (sulfide) groups is 1. The highest BCUT2D eigenvalue weighted by Crippen LogP contribution is 2.31. The summed E-state index contributed by atoms with van der Waals surface area (Å²) in [5.74, 6) is -1.55. The molecule has 1 saturated carbocycles. The fourth-order valence-electron chi connectivity index (χ4n) is 4.25. The van der Waals surface area contributed by atoms with Gasteiger partial charge in [0.1, 0.15) is 11.2 Å². The maximum atomic E-state index is 14.7. The van der Waals surface area contributed by atoms with Crippen LogP contribution in [0.15, 0.2) is 10.9 Å². The molecular formula is C21H26F2N4O3S. The van der Waals surface area contributed by atoms with Crippen LogP contribution in [0, 0.1) is 11.6 Å². The van der Waals surface area contributed by atoms with Crippen LogP contribution in [-0.4, -0.2) is 56.4 Å². The van der Waals surface area contributed by atoms with E-state index >= 15 is 0 Å². The van der Waals surface area contributed by atoms with E-state index in [0.717, 1.165) is 25.7 Å². The van der Waals surface area contributed by atoms with Crippen molar-refractivity contribution in [2.75, 3.05) is 18.4 Å². The molecule has 1 unspecified atom stereocenters. The number of hydrogen-bond acceptors (Lipinski definition) is 6. The SMILES string of the molecule is CC(=O)N1CCC(Nc2cc3nc(CSC4CCC(O)CC4)[nH]c(=O)c3c(F)c2F)C1. The highest BCUT2D eigenvalue weighted by atomic mass is 32.2. The van der Waals surface area contributed by atoms with Crippen molar-refractivity contribution in [1.29, 1.82) is 0 Å². The Morgan fingerprint density at radius 1 is 1.29 bits per heavy atom. The maximum absolute atomic E-state index is 14.7. The van der Waals surface area contributed by atoms with Crippen molar-refractivity contribution < 1.29 is 18.7 Å². The number of H-pyrrole nitrogens is 1. The van der Waals surface area contributed by atoms with Crippen molar-refractivity contribution in [1.82, 2.24) is 14.9 Å². The zero-order valence-corrected chi connectivity index (χ0v) is 18.1. The standard InChI is InChI=1S/C21H26F2N4O3S/c1-11(28)27-7-6-12(9-27)24-16-8-15-18(20(23)19(16)22)21(30)26-17(25-15)10-31-14-4-2-13(29)3-5-14/h8,12-14,24,29H,2-7,9-10H2,1H3,(H,25,26,30). The van der Waals surface area contributed by atoms with Crippen molar-refractivity contribution in [2.45, 2.75) is 62.2 Å². The number of carbonyl (C=O) groups excluding carboxylic acids is 1. The van der Waals surface area contributed by atoms with Gasteiger partial charge >= 0.3 is 0 Å². The van der Waals surface area contributed by atoms with Gasteiger partial charge in [-0.2, -0.15) is 11.8 Å². The maximum Gasteiger partial charge on any atom is 0.261 e. The number of likely N-dealkylation sites (tertiary alicyclic amines) is 1. The Hall–Kier alpha value is -2.20. The molecule has 1 aromatic heterocycles. The van der Waals surface area contributed by atoms with E-state index in [0.29, 0.717) is 36.3 Å². The zero-order valence-electron chi connectivity index (χ0n) is 17.3. The van der Waals surface area contributed by atoms with E-state index < -0.39 is 22.6 Å². The first-order valence-corrected chi connectivity index (χ1v) is 11.6. The van der Waals surface area contributed by atoms with E-state index in [9.17, 15) is 23.5 Å². The van der Waals surface area contributed by atoms with Crippen LogP contribution in [0.25, 0.3) is 10.9 Å². The number of aliphatic hydroxyl groups excluding tert-OH is 1. The molecular weight excluding hydrogens is 426 g/mol. The number of benzene rings is 1. The molecule has 1 aromatic carbocycles. The van der Waals surface area contributed by atoms with Gasteiger partial charge in [0.25, 0.3) is 5.56 Å². The summed E-state index contributed by atoms with van der Waals surface area (Å²) in [6, 6.07) is 1.17. The Morgan fingerprint density at radius 2 is 2.03 bits per heavy atom. The third kappa shape index (κ3) is 4.85. The third-order valence-electron chi connectivity index (χ3n) is 6.02. The molecule has 31 heavy (non-hydrogen) atoms. The molecule has 0 bridgehead atoms. The summed E-state index contributed by atoms with van der Waals surface area (Å²) in [4.78, 5) is 32.5. The lowest BCUT2D eigenvalue weighted by molar-refractivity contribution is -0.127. The Balaban J connectivity index is 1.54. The molecule has 4 rings (SSSR count). The monoisotopic (exact) mass is 452 g/mol. The fraction of sp³-hybridized carbons (Fsp3) is 0.571. The summed E-state index contributed by atoms with van der Waals surface area (Å²) in [5, 5.41) is 12.6. The van der Waals surface area contributed by atoms with E-state index in [1.165, 1.54) is 13.0 Å². The molecule has 1 aliphatic carbocycles. The van der Waals surface area contributed by atoms with Crippen molar-refractivity contribution in [3.63, 3.8) is 0 Å². The lowest BCUT2D eigenvalue weighted by Crippen LogP contribution is -2.30. The molecule has 2 heterocycles. The second kappa shape index (κ2) is 9.12. The summed E-state index contributed by atoms with van der Waals surface area (Å²) in [7, 11) is 0. The molecule has 2 aliphatic rings. The van der Waals surface area contributed by atoms with E-state index in [-0.39, 0.29) is 29.3 Å². The molecule has 168 valence electrons. The summed E-state index contributed by atoms with van der Waals surface area (Å²) >= 11 is 1.65. The second-order valence-corrected chi connectivity index (χ2v) is 9.58. The van der Waals surface area contributed by atoms with Crippen molar-refractivity contribution >= 4 is 34.3 Å². The molecule has 2 aromatic rings. The smallest absolute Gasteiger partial charge is 0.261 e. The molecule has 1 amide bonds. The summed E-state index contributed by atoms with van der Waals surface area (Å²) in [6.07, 6.45) is 3.72. The van der Waals surface area contributed by atoms with E-state index in [4.69, 9.17) is 0 Å². The van der Waals surface area contributed by atoms with Crippen molar-refractivity contribution in [3.05, 3.63) is 33.9 Å². The van der Waals surface area contributed by atoms with Gasteiger partial charge < -0.3 is 20.3 Å². The molecule has 1 aliphatic heterocycles. The third-order valence-corrected chi connectivity index (χ3v) is 7.40. The normalized spacial score (nSPS) is 24.0. The first-order chi connectivity index (χ1) is 14.8. The lowest BCUT2D eigenvalue weighted by atomic mass is 9.97. The second-order valence-electron chi connectivity index (χ2n) is 8.30. The molecule has 0 radical (unpaired) electrons. The number of anilines is 1. The molecule has 3 N–H and O–H groups in total. The van der Waals surface area contributed by atoms with Crippen molar-refractivity contribution in [3.8, 4) is 0 Å². The first kappa shape index (κ1) is 22.0. The van der Waals surface area contributed by atoms with Gasteiger partial charge in [-0.1, -0.05) is 0 Å². The number of aromatic amines is 1. The van der Waals surface area contributed by atoms with Gasteiger partial charge in [0.2, 0.25) is 5.91 Å². The number of nitrogens with one attached hydrogen (secondary N) is 2. The Kier molecular flexibility index (Phi) is 6.47. The first-order valence-electron chi connectivity index (χ1n) is 10.5. The van der Waals surface area contributed by atoms with E-state index in [2.05, 4.69) is 15.3 Å². The van der Waals surface area contributed by atoms with Crippen LogP contribution in [0.4, 0.5) is 14.5 Å². The van der Waals surface area contributed by atoms with E-state index in [1.807, 2.05) is 0 Å². The number of aliphatic hydroxyl groups is 1. The van der Waals surface area contributed by atoms with Crippen molar-refractivity contribution in [2.24, 2.45) is 0 Å². The fourth-order valence-corrected chi connectivity index (χ4v) is 5.39. The summed E-state index contributed by atoms with van der Waals surface area (Å²) < 4.78 is 29.3. The average Bonchev–Trinajstić information content (AvgIpc) is 3.20. The van der Waals surface area contributed by atoms with Crippen LogP contribution in [0.2, 0.25) is 0 Å². The number of amides is 1. The molecule has 10 heteroatoms. The van der Waals surface area contributed by atoms with Gasteiger partial charge in [-0.15, -0.1) is 0 Å². The molecule has 2 fully saturated rings. The van der Waals surface area contributed by atoms with Crippen LogP contribution >= 0.6 is 11.8 Å². The number of aromatic nitrogens is 2. The summed E-state index contributed by atoms with van der Waals surface area (Å²) in [6.45, 7) is 2.45. The van der Waals surface area contributed by atoms with Crippen LogP contribution in [-0.2, 0) is 10.5 Å². The molecule has 0 spiro atoms. The topological polar surface area (TPSA) is 98.3 Å². The predicted molar refractivity (Wildman–Crippen MR) is 116 cm³/mol. The number of carbonyl (C=O) groups is 1. The Labute approximate surface area is 182 Å². The largest absolute Gasteiger partial charge is 0.393 e. The Morgan fingerprint density at radius 3 is 2.71 bits per heavy atom. The minimum absolute atomic E-state index is 0.0571. The number of halogens is 2. The molecule has 1 atom stereocenters. The highest BCUT2D eigenvalue weighted by molar-refractivity contribution is 7.99. The van der Waals surface area contributed by atoms with Gasteiger partial charge in [-0.25, -0.2) is 13.8 Å². The van der Waals surface area contributed by atoms with Gasteiger partial charge in [0.05, 0.1) is 23.1 Å². The summed E-state index contributed by atoms with van der Waals surface area (Å²) in [5.41, 5.74) is -0.661. The number of rotatable bonds is 5. The van der Waals surface area contributed by atoms with Crippen LogP contribution in [0.5, 0.6) is 0 Å². The molecule has 7 nitrogen and oxygen atoms in total. The minimum atomic E-state index is -1.23. The number of hydrogen-bond donors (Lipinski definition) is 3. The highest BCUT2D eigenvalue weighted by Gasteiger charge is 2.26. The van der Waals surface area contributed by atoms with Crippen LogP contribution < -0.4 is 10.9 Å². The predicted octanol–water partition coefficient (Wildman–Crippen LogP) is 2.77. The average molecular weight is 453 g/mol. The molecule has 1 saturated heterocycles. The lowest BCUT2D eigenvalue weighted by Gasteiger charge is -2.24.